The van der Waals surface area contributed by atoms with Gasteiger partial charge >= 0.3 is 0 Å². The molecule has 0 saturated heterocycles. The fourth-order valence-corrected chi connectivity index (χ4v) is 6.92. The van der Waals surface area contributed by atoms with Crippen LogP contribution in [0.4, 0.5) is 0 Å². The van der Waals surface area contributed by atoms with Gasteiger partial charge in [0.2, 0.25) is 0 Å². The molecule has 0 atom stereocenters. The van der Waals surface area contributed by atoms with Crippen LogP contribution in [0.3, 0.4) is 0 Å². The Morgan fingerprint density at radius 1 is 0.333 bits per heavy atom. The van der Waals surface area contributed by atoms with E-state index in [0.29, 0.717) is 0 Å². The summed E-state index contributed by atoms with van der Waals surface area (Å²) in [7, 11) is 0. The molecule has 0 radical (unpaired) electrons. The Morgan fingerprint density at radius 3 is 1.49 bits per heavy atom. The number of fused-ring (bicyclic) bond motifs is 12. The van der Waals surface area contributed by atoms with Crippen LogP contribution >= 0.6 is 0 Å². The highest BCUT2D eigenvalue weighted by atomic mass is 15.0. The van der Waals surface area contributed by atoms with Gasteiger partial charge < -0.3 is 8.80 Å². The van der Waals surface area contributed by atoms with Gasteiger partial charge in [-0.3, -0.25) is 0 Å². The van der Waals surface area contributed by atoms with Gasteiger partial charge in [0, 0.05) is 32.3 Å². The molecule has 3 heterocycles. The van der Waals surface area contributed by atoms with Crippen LogP contribution in [0.15, 0.2) is 127 Å². The first kappa shape index (κ1) is 20.9. The molecule has 2 nitrogen and oxygen atoms in total. The van der Waals surface area contributed by atoms with Crippen molar-refractivity contribution in [2.24, 2.45) is 0 Å². The molecule has 0 saturated carbocycles. The topological polar surface area (TPSA) is 8.82 Å². The number of para-hydroxylation sites is 4. The molecule has 3 aromatic heterocycles. The van der Waals surface area contributed by atoms with Crippen LogP contribution < -0.4 is 0 Å². The molecule has 9 rings (SSSR count). The van der Waals surface area contributed by atoms with Crippen LogP contribution in [0.5, 0.6) is 0 Å². The molecule has 2 heteroatoms. The average molecular weight is 497 g/mol. The molecule has 0 aliphatic heterocycles. The minimum absolute atomic E-state index is 1.20. The van der Waals surface area contributed by atoms with Gasteiger partial charge in [0.15, 0.2) is 0 Å². The number of benzene rings is 6. The van der Waals surface area contributed by atoms with Gasteiger partial charge in [-0.1, -0.05) is 103 Å². The first-order valence-corrected chi connectivity index (χ1v) is 13.5. The van der Waals surface area contributed by atoms with E-state index in [9.17, 15) is 0 Å². The van der Waals surface area contributed by atoms with Gasteiger partial charge in [0.1, 0.15) is 0 Å². The SMILES string of the molecule is Cc1ccc2c3cccc4c5ccccc5c5ccccc5n5c6ccccc6c6cccc(c65)n(c2c1)c43. The van der Waals surface area contributed by atoms with Crippen LogP contribution in [-0.4, -0.2) is 8.80 Å². The highest BCUT2D eigenvalue weighted by Gasteiger charge is 2.17. The normalized spacial score (nSPS) is 12.2. The molecule has 0 spiro atoms. The summed E-state index contributed by atoms with van der Waals surface area (Å²) < 4.78 is 5.02. The third-order valence-corrected chi connectivity index (χ3v) is 8.51. The molecule has 6 aromatic carbocycles. The van der Waals surface area contributed by atoms with Gasteiger partial charge in [0.05, 0.1) is 33.1 Å². The molecule has 9 aromatic rings. The Kier molecular flexibility index (Phi) is 4.02. The van der Waals surface area contributed by atoms with Gasteiger partial charge in [-0.2, -0.15) is 0 Å². The van der Waals surface area contributed by atoms with Gasteiger partial charge in [-0.25, -0.2) is 0 Å². The number of hydrogen-bond donors (Lipinski definition) is 0. The van der Waals surface area contributed by atoms with Crippen molar-refractivity contribution in [3.63, 3.8) is 0 Å². The third kappa shape index (κ3) is 2.65. The molecule has 0 aliphatic carbocycles. The van der Waals surface area contributed by atoms with Crippen molar-refractivity contribution in [3.05, 3.63) is 133 Å². The van der Waals surface area contributed by atoms with E-state index in [1.807, 2.05) is 0 Å². The minimum atomic E-state index is 1.20. The molecule has 0 bridgehead atoms. The van der Waals surface area contributed by atoms with E-state index in [4.69, 9.17) is 0 Å². The van der Waals surface area contributed by atoms with Crippen LogP contribution in [0.25, 0.3) is 76.2 Å². The quantitative estimate of drug-likeness (QED) is 0.197. The van der Waals surface area contributed by atoms with Gasteiger partial charge in [-0.05, 0) is 47.5 Å². The number of nitrogens with zero attached hydrogens (tertiary/aromatic N) is 2. The number of aryl methyl sites for hydroxylation is 1. The second-order valence-corrected chi connectivity index (χ2v) is 10.6. The Morgan fingerprint density at radius 2 is 0.769 bits per heavy atom. The lowest BCUT2D eigenvalue weighted by Crippen LogP contribution is -1.92. The van der Waals surface area contributed by atoms with E-state index in [-0.39, 0.29) is 0 Å². The Labute approximate surface area is 224 Å². The van der Waals surface area contributed by atoms with Gasteiger partial charge in [0.25, 0.3) is 0 Å². The summed E-state index contributed by atoms with van der Waals surface area (Å²) in [5.41, 5.74) is 8.63. The van der Waals surface area contributed by atoms with E-state index in [1.165, 1.54) is 81.8 Å². The highest BCUT2D eigenvalue weighted by Crippen LogP contribution is 2.40. The monoisotopic (exact) mass is 496 g/mol. The van der Waals surface area contributed by atoms with Crippen LogP contribution in [0.2, 0.25) is 0 Å². The van der Waals surface area contributed by atoms with E-state index < -0.39 is 0 Å². The second-order valence-electron chi connectivity index (χ2n) is 10.6. The lowest BCUT2D eigenvalue weighted by Gasteiger charge is -2.10. The fraction of sp³-hybridized carbons (Fsp3) is 0.0270. The van der Waals surface area contributed by atoms with Crippen molar-refractivity contribution in [2.45, 2.75) is 6.92 Å². The van der Waals surface area contributed by atoms with Crippen molar-refractivity contribution in [2.75, 3.05) is 0 Å². The Hall–Kier alpha value is -5.08. The molecular weight excluding hydrogens is 472 g/mol. The molecule has 0 aliphatic rings. The third-order valence-electron chi connectivity index (χ3n) is 8.51. The molecule has 39 heavy (non-hydrogen) atoms. The van der Waals surface area contributed by atoms with Crippen LogP contribution in [-0.2, 0) is 0 Å². The van der Waals surface area contributed by atoms with Gasteiger partial charge in [-0.15, -0.1) is 0 Å². The zero-order chi connectivity index (χ0) is 25.7. The number of aromatic nitrogens is 2. The van der Waals surface area contributed by atoms with Crippen molar-refractivity contribution < 1.29 is 0 Å². The molecule has 182 valence electrons. The predicted octanol–water partition coefficient (Wildman–Crippen LogP) is 9.98. The second kappa shape index (κ2) is 7.49. The van der Waals surface area contributed by atoms with E-state index in [2.05, 4.69) is 143 Å². The van der Waals surface area contributed by atoms with E-state index >= 15 is 0 Å². The lowest BCUT2D eigenvalue weighted by molar-refractivity contribution is 1.30. The molecule has 0 amide bonds. The lowest BCUT2D eigenvalue weighted by atomic mass is 10.0. The Balaban J connectivity index is 1.82. The summed E-state index contributed by atoms with van der Waals surface area (Å²) in [6.45, 7) is 2.19. The highest BCUT2D eigenvalue weighted by molar-refractivity contribution is 6.24. The van der Waals surface area contributed by atoms with E-state index in [0.717, 1.165) is 0 Å². The Bertz CT molecular complexity index is 2510. The predicted molar refractivity (Wildman–Crippen MR) is 167 cm³/mol. The zero-order valence-corrected chi connectivity index (χ0v) is 21.5. The fourth-order valence-electron chi connectivity index (χ4n) is 6.92. The molecule has 0 unspecified atom stereocenters. The summed E-state index contributed by atoms with van der Waals surface area (Å²) in [5, 5.41) is 10.1. The van der Waals surface area contributed by atoms with Crippen molar-refractivity contribution >= 4 is 76.2 Å². The minimum Gasteiger partial charge on any atom is -0.307 e. The smallest absolute Gasteiger partial charge is 0.0782 e. The summed E-state index contributed by atoms with van der Waals surface area (Å²) in [5.74, 6) is 0. The first-order chi connectivity index (χ1) is 19.3. The standard InChI is InChI=1S/C37H24N2/c1-23-20-21-28-30-15-8-14-29-25-11-3-2-10-24(25)26-12-4-6-17-32(26)38-33-18-7-5-13-27(33)31-16-9-19-34(37(31)38)39(36(29)30)35(28)22-23/h2-22H,1H3. The van der Waals surface area contributed by atoms with Crippen LogP contribution in [0, 0.1) is 6.92 Å². The maximum Gasteiger partial charge on any atom is 0.0782 e. The molecular formula is C37H24N2. The van der Waals surface area contributed by atoms with Crippen molar-refractivity contribution in [1.82, 2.24) is 8.80 Å². The van der Waals surface area contributed by atoms with E-state index in [1.54, 1.807) is 0 Å². The van der Waals surface area contributed by atoms with Crippen molar-refractivity contribution in [1.29, 1.82) is 0 Å². The summed E-state index contributed by atoms with van der Waals surface area (Å²) in [6.07, 6.45) is 0. The number of hydrogen-bond acceptors (Lipinski definition) is 0. The summed E-state index contributed by atoms with van der Waals surface area (Å²) in [6, 6.07) is 47.1. The maximum atomic E-state index is 2.52. The molecule has 0 fully saturated rings. The number of rotatable bonds is 0. The van der Waals surface area contributed by atoms with Crippen LogP contribution in [0.1, 0.15) is 5.56 Å². The average Bonchev–Trinajstić information content (AvgIpc) is 3.49. The zero-order valence-electron chi connectivity index (χ0n) is 21.5. The summed E-state index contributed by atoms with van der Waals surface area (Å²) >= 11 is 0. The first-order valence-electron chi connectivity index (χ1n) is 13.5. The van der Waals surface area contributed by atoms with Crippen molar-refractivity contribution in [3.8, 4) is 0 Å². The molecule has 0 N–H and O–H groups in total. The largest absolute Gasteiger partial charge is 0.307 e. The summed E-state index contributed by atoms with van der Waals surface area (Å²) in [4.78, 5) is 0. The maximum absolute atomic E-state index is 2.52.